The molecule has 0 saturated carbocycles. The zero-order valence-electron chi connectivity index (χ0n) is 18.2. The third-order valence-corrected chi connectivity index (χ3v) is 6.44. The number of benzene rings is 2. The van der Waals surface area contributed by atoms with Gasteiger partial charge in [0.15, 0.2) is 6.10 Å². The number of primary amides is 1. The van der Waals surface area contributed by atoms with Gasteiger partial charge in [-0.25, -0.2) is 9.79 Å². The number of hydrogen-bond donors (Lipinski definition) is 2. The van der Waals surface area contributed by atoms with Crippen LogP contribution in [0.3, 0.4) is 0 Å². The van der Waals surface area contributed by atoms with Crippen molar-refractivity contribution in [3.63, 3.8) is 0 Å². The maximum absolute atomic E-state index is 13.6. The molecule has 4 rings (SSSR count). The maximum atomic E-state index is 13.6. The number of halogens is 3. The highest BCUT2D eigenvalue weighted by atomic mass is 32.2. The predicted molar refractivity (Wildman–Crippen MR) is 120 cm³/mol. The maximum Gasteiger partial charge on any atom is 0.417 e. The Morgan fingerprint density at radius 2 is 1.57 bits per heavy atom. The van der Waals surface area contributed by atoms with E-state index in [1.807, 2.05) is 6.07 Å². The minimum atomic E-state index is -4.98. The molecule has 6 atom stereocenters. The summed E-state index contributed by atoms with van der Waals surface area (Å²) >= 11 is 0.787. The quantitative estimate of drug-likeness (QED) is 0.585. The van der Waals surface area contributed by atoms with Gasteiger partial charge < -0.3 is 29.8 Å². The van der Waals surface area contributed by atoms with E-state index in [1.54, 1.807) is 54.6 Å². The first-order valence-corrected chi connectivity index (χ1v) is 11.5. The molecule has 2 aromatic rings. The van der Waals surface area contributed by atoms with Gasteiger partial charge in [-0.3, -0.25) is 0 Å². The van der Waals surface area contributed by atoms with E-state index >= 15 is 0 Å². The smallest absolute Gasteiger partial charge is 0.385 e. The average Bonchev–Trinajstić information content (AvgIpc) is 3.22. The highest BCUT2D eigenvalue weighted by molar-refractivity contribution is 8.14. The van der Waals surface area contributed by atoms with Crippen LogP contribution in [0.25, 0.3) is 0 Å². The van der Waals surface area contributed by atoms with Gasteiger partial charge in [0.25, 0.3) is 5.23 Å². The van der Waals surface area contributed by atoms with Crippen molar-refractivity contribution in [2.24, 2.45) is 10.7 Å². The molecule has 1 saturated heterocycles. The van der Waals surface area contributed by atoms with Gasteiger partial charge in [-0.05, 0) is 22.9 Å². The second kappa shape index (κ2) is 11.0. The van der Waals surface area contributed by atoms with Gasteiger partial charge in [0.2, 0.25) is 0 Å². The lowest BCUT2D eigenvalue weighted by atomic mass is 9.93. The number of aliphatic hydroxyl groups excluding tert-OH is 1. The number of carbonyl (C=O) groups excluding carboxylic acids is 1. The molecular formula is C23H23F3N2O6S. The van der Waals surface area contributed by atoms with Gasteiger partial charge in [-0.15, -0.1) is 0 Å². The standard InChI is InChI=1S/C23H23F3N2O6S/c24-23(25,26)19(29)18-17(32-12-14-9-5-2-6-10-14)16(31-11-13-7-3-1-4-8-13)15-20(33-18)35-22(28-15)34-21(27)30/h1-10,15-20,29H,11-12H2,(H2,27,30)/t15-,16-,17+,18+,19?,20-/m1/s1. The highest BCUT2D eigenvalue weighted by Crippen LogP contribution is 2.42. The number of alkyl halides is 3. The first-order valence-electron chi connectivity index (χ1n) is 10.7. The molecule has 0 spiro atoms. The van der Waals surface area contributed by atoms with Crippen LogP contribution in [0.4, 0.5) is 18.0 Å². The lowest BCUT2D eigenvalue weighted by Crippen LogP contribution is -2.62. The molecule has 2 aliphatic heterocycles. The first-order chi connectivity index (χ1) is 16.7. The molecule has 3 N–H and O–H groups in total. The Labute approximate surface area is 203 Å². The SMILES string of the molecule is NC(=O)OC1=N[C@@H]2[C@@H](OCc3ccccc3)[C@H](OCc3ccccc3)[C@@H](C(O)C(F)(F)F)O[C@@H]2S1. The zero-order valence-corrected chi connectivity index (χ0v) is 19.0. The number of nitrogens with two attached hydrogens (primary N) is 1. The van der Waals surface area contributed by atoms with Crippen LogP contribution in [0.15, 0.2) is 65.7 Å². The monoisotopic (exact) mass is 512 g/mol. The second-order valence-electron chi connectivity index (χ2n) is 7.90. The number of fused-ring (bicyclic) bond motifs is 1. The molecule has 2 aliphatic rings. The number of hydrogen-bond acceptors (Lipinski definition) is 8. The van der Waals surface area contributed by atoms with Crippen LogP contribution in [0, 0.1) is 0 Å². The highest BCUT2D eigenvalue weighted by Gasteiger charge is 2.58. The number of aliphatic imine (C=N–C) groups is 1. The largest absolute Gasteiger partial charge is 0.417 e. The fourth-order valence-electron chi connectivity index (χ4n) is 3.83. The fraction of sp³-hybridized carbons (Fsp3) is 0.391. The number of amides is 1. The predicted octanol–water partition coefficient (Wildman–Crippen LogP) is 3.37. The molecule has 0 radical (unpaired) electrons. The summed E-state index contributed by atoms with van der Waals surface area (Å²) in [4.78, 5) is 15.5. The van der Waals surface area contributed by atoms with Gasteiger partial charge in [0, 0.05) is 0 Å². The van der Waals surface area contributed by atoms with Gasteiger partial charge in [-0.1, -0.05) is 60.7 Å². The minimum absolute atomic E-state index is 0.0426. The van der Waals surface area contributed by atoms with E-state index in [-0.39, 0.29) is 18.4 Å². The van der Waals surface area contributed by atoms with Gasteiger partial charge in [0.1, 0.15) is 29.8 Å². The van der Waals surface area contributed by atoms with Crippen LogP contribution >= 0.6 is 11.8 Å². The Kier molecular flexibility index (Phi) is 7.97. The Bertz CT molecular complexity index is 1030. The van der Waals surface area contributed by atoms with E-state index in [4.69, 9.17) is 24.7 Å². The Morgan fingerprint density at radius 1 is 1.03 bits per heavy atom. The average molecular weight is 513 g/mol. The van der Waals surface area contributed by atoms with E-state index in [2.05, 4.69) is 4.99 Å². The fourth-order valence-corrected chi connectivity index (χ4v) is 4.88. The van der Waals surface area contributed by atoms with E-state index in [0.29, 0.717) is 5.56 Å². The molecule has 2 aromatic carbocycles. The third-order valence-electron chi connectivity index (χ3n) is 5.43. The summed E-state index contributed by atoms with van der Waals surface area (Å²) in [6.45, 7) is -0.0129. The summed E-state index contributed by atoms with van der Waals surface area (Å²) in [5.41, 5.74) is 5.52. The number of nitrogens with zero attached hydrogens (tertiary/aromatic N) is 1. The van der Waals surface area contributed by atoms with Crippen LogP contribution in [0.2, 0.25) is 0 Å². The molecule has 0 aromatic heterocycles. The molecule has 1 unspecified atom stereocenters. The molecule has 12 heteroatoms. The van der Waals surface area contributed by atoms with Gasteiger partial charge in [0.05, 0.1) is 13.2 Å². The molecule has 1 fully saturated rings. The van der Waals surface area contributed by atoms with Crippen LogP contribution in [-0.2, 0) is 32.2 Å². The number of aliphatic hydroxyl groups is 1. The van der Waals surface area contributed by atoms with Gasteiger partial charge in [-0.2, -0.15) is 13.2 Å². The summed E-state index contributed by atoms with van der Waals surface area (Å²) in [7, 11) is 0. The lowest BCUT2D eigenvalue weighted by Gasteiger charge is -2.44. The van der Waals surface area contributed by atoms with Crippen molar-refractivity contribution < 1.29 is 42.0 Å². The van der Waals surface area contributed by atoms with E-state index in [9.17, 15) is 23.1 Å². The topological polar surface area (TPSA) is 113 Å². The van der Waals surface area contributed by atoms with Crippen LogP contribution < -0.4 is 5.73 Å². The summed E-state index contributed by atoms with van der Waals surface area (Å²) in [5, 5.41) is 10.0. The molecule has 1 amide bonds. The van der Waals surface area contributed by atoms with Crippen molar-refractivity contribution in [2.45, 2.75) is 55.3 Å². The minimum Gasteiger partial charge on any atom is -0.385 e. The lowest BCUT2D eigenvalue weighted by molar-refractivity contribution is -0.283. The van der Waals surface area contributed by atoms with Crippen molar-refractivity contribution in [2.75, 3.05) is 0 Å². The summed E-state index contributed by atoms with van der Waals surface area (Å²) < 4.78 is 63.2. The van der Waals surface area contributed by atoms with Crippen molar-refractivity contribution >= 4 is 23.1 Å². The molecule has 188 valence electrons. The Balaban J connectivity index is 1.65. The van der Waals surface area contributed by atoms with E-state index in [0.717, 1.165) is 17.3 Å². The van der Waals surface area contributed by atoms with E-state index < -0.39 is 48.2 Å². The second-order valence-corrected chi connectivity index (χ2v) is 8.95. The van der Waals surface area contributed by atoms with Crippen molar-refractivity contribution in [3.05, 3.63) is 71.8 Å². The number of thioether (sulfide) groups is 1. The van der Waals surface area contributed by atoms with Crippen molar-refractivity contribution in [1.82, 2.24) is 0 Å². The van der Waals surface area contributed by atoms with Crippen molar-refractivity contribution in [1.29, 1.82) is 0 Å². The number of ether oxygens (including phenoxy) is 4. The number of rotatable bonds is 7. The molecule has 0 aliphatic carbocycles. The van der Waals surface area contributed by atoms with Crippen LogP contribution in [0.1, 0.15) is 11.1 Å². The molecular weight excluding hydrogens is 489 g/mol. The summed E-state index contributed by atoms with van der Waals surface area (Å²) in [6.07, 6.45) is -13.2. The third kappa shape index (κ3) is 6.33. The molecule has 2 heterocycles. The molecule has 0 bridgehead atoms. The first kappa shape index (κ1) is 25.5. The Hall–Kier alpha value is -2.64. The zero-order chi connectivity index (χ0) is 25.0. The normalized spacial score (nSPS) is 27.1. The summed E-state index contributed by atoms with van der Waals surface area (Å²) in [5.74, 6) is 0. The van der Waals surface area contributed by atoms with Crippen LogP contribution in [0.5, 0.6) is 0 Å². The molecule has 8 nitrogen and oxygen atoms in total. The van der Waals surface area contributed by atoms with E-state index in [1.165, 1.54) is 0 Å². The number of carbonyl (C=O) groups is 1. The Morgan fingerprint density at radius 3 is 2.09 bits per heavy atom. The van der Waals surface area contributed by atoms with Gasteiger partial charge >= 0.3 is 12.3 Å². The van der Waals surface area contributed by atoms with Crippen molar-refractivity contribution in [3.8, 4) is 0 Å². The van der Waals surface area contributed by atoms with Crippen LogP contribution in [-0.4, -0.2) is 58.5 Å². The molecule has 35 heavy (non-hydrogen) atoms. The summed E-state index contributed by atoms with van der Waals surface area (Å²) in [6, 6.07) is 17.0.